The standard InChI is InChI=1S/C14H13N3OS/c18-14(13-8-19-9-17-13)16-6-4-10-2-1-3-12-11(10)5-7-15-12/h1-3,5,7-9,15H,4,6H2,(H,16,18). The monoisotopic (exact) mass is 271 g/mol. The van der Waals surface area contributed by atoms with Crippen LogP contribution in [0.15, 0.2) is 41.4 Å². The molecule has 96 valence electrons. The molecule has 3 aromatic rings. The molecule has 2 aromatic heterocycles. The Kier molecular flexibility index (Phi) is 3.29. The van der Waals surface area contributed by atoms with Crippen LogP contribution in [0.1, 0.15) is 16.1 Å². The number of carbonyl (C=O) groups is 1. The molecule has 3 rings (SSSR count). The van der Waals surface area contributed by atoms with E-state index in [-0.39, 0.29) is 5.91 Å². The van der Waals surface area contributed by atoms with Gasteiger partial charge in [-0.15, -0.1) is 11.3 Å². The Balaban J connectivity index is 1.64. The maximum Gasteiger partial charge on any atom is 0.270 e. The van der Waals surface area contributed by atoms with E-state index in [9.17, 15) is 4.79 Å². The van der Waals surface area contributed by atoms with Crippen molar-refractivity contribution < 1.29 is 4.79 Å². The third kappa shape index (κ3) is 2.51. The summed E-state index contributed by atoms with van der Waals surface area (Å²) in [5, 5.41) is 5.85. The number of aromatic nitrogens is 2. The molecule has 0 atom stereocenters. The molecule has 5 heteroatoms. The number of nitrogens with one attached hydrogen (secondary N) is 2. The van der Waals surface area contributed by atoms with E-state index < -0.39 is 0 Å². The van der Waals surface area contributed by atoms with Crippen LogP contribution in [0.4, 0.5) is 0 Å². The first-order valence-corrected chi connectivity index (χ1v) is 7.00. The van der Waals surface area contributed by atoms with Gasteiger partial charge in [-0.3, -0.25) is 4.79 Å². The number of benzene rings is 1. The number of thiazole rings is 1. The summed E-state index contributed by atoms with van der Waals surface area (Å²) in [6.45, 7) is 0.612. The normalized spacial score (nSPS) is 10.7. The SMILES string of the molecule is O=C(NCCc1cccc2[nH]ccc12)c1cscn1. The van der Waals surface area contributed by atoms with E-state index in [1.807, 2.05) is 18.3 Å². The second-order valence-electron chi connectivity index (χ2n) is 4.24. The number of hydrogen-bond donors (Lipinski definition) is 2. The molecule has 0 radical (unpaired) electrons. The van der Waals surface area contributed by atoms with Gasteiger partial charge in [0.2, 0.25) is 0 Å². The minimum absolute atomic E-state index is 0.109. The molecule has 0 bridgehead atoms. The summed E-state index contributed by atoms with van der Waals surface area (Å²) in [7, 11) is 0. The van der Waals surface area contributed by atoms with Crippen molar-refractivity contribution in [2.24, 2.45) is 0 Å². The van der Waals surface area contributed by atoms with Crippen molar-refractivity contribution in [1.82, 2.24) is 15.3 Å². The molecule has 0 aliphatic rings. The summed E-state index contributed by atoms with van der Waals surface area (Å²) in [5.41, 5.74) is 4.51. The van der Waals surface area contributed by atoms with Gasteiger partial charge in [-0.2, -0.15) is 0 Å². The Labute approximate surface area is 114 Å². The Hall–Kier alpha value is -2.14. The van der Waals surface area contributed by atoms with Crippen LogP contribution >= 0.6 is 11.3 Å². The Bertz CT molecular complexity index is 688. The highest BCUT2D eigenvalue weighted by atomic mass is 32.1. The van der Waals surface area contributed by atoms with Crippen molar-refractivity contribution in [3.05, 3.63) is 52.6 Å². The van der Waals surface area contributed by atoms with Crippen LogP contribution in [0, 0.1) is 0 Å². The van der Waals surface area contributed by atoms with Crippen molar-refractivity contribution in [3.8, 4) is 0 Å². The van der Waals surface area contributed by atoms with Crippen LogP contribution < -0.4 is 5.32 Å². The van der Waals surface area contributed by atoms with Crippen molar-refractivity contribution in [1.29, 1.82) is 0 Å². The molecule has 0 aliphatic carbocycles. The summed E-state index contributed by atoms with van der Waals surface area (Å²) in [5.74, 6) is -0.109. The number of aromatic amines is 1. The first-order valence-electron chi connectivity index (χ1n) is 6.06. The maximum atomic E-state index is 11.7. The van der Waals surface area contributed by atoms with Crippen molar-refractivity contribution >= 4 is 28.1 Å². The van der Waals surface area contributed by atoms with E-state index in [0.29, 0.717) is 12.2 Å². The molecule has 0 saturated heterocycles. The zero-order chi connectivity index (χ0) is 13.1. The van der Waals surface area contributed by atoms with E-state index in [0.717, 1.165) is 11.9 Å². The third-order valence-corrected chi connectivity index (χ3v) is 3.62. The number of rotatable bonds is 4. The average molecular weight is 271 g/mol. The van der Waals surface area contributed by atoms with Gasteiger partial charge in [-0.25, -0.2) is 4.98 Å². The van der Waals surface area contributed by atoms with E-state index >= 15 is 0 Å². The number of carbonyl (C=O) groups excluding carboxylic acids is 1. The first-order chi connectivity index (χ1) is 9.34. The molecule has 2 heterocycles. The van der Waals surface area contributed by atoms with Gasteiger partial charge in [0.05, 0.1) is 5.51 Å². The molecule has 0 unspecified atom stereocenters. The maximum absolute atomic E-state index is 11.7. The highest BCUT2D eigenvalue weighted by Gasteiger charge is 2.07. The number of hydrogen-bond acceptors (Lipinski definition) is 3. The second kappa shape index (κ2) is 5.24. The van der Waals surface area contributed by atoms with Gasteiger partial charge in [0.15, 0.2) is 0 Å². The number of amides is 1. The summed E-state index contributed by atoms with van der Waals surface area (Å²) in [6, 6.07) is 8.22. The van der Waals surface area contributed by atoms with E-state index in [1.54, 1.807) is 10.9 Å². The molecule has 0 aliphatic heterocycles. The topological polar surface area (TPSA) is 57.8 Å². The van der Waals surface area contributed by atoms with Gasteiger partial charge in [-0.1, -0.05) is 12.1 Å². The van der Waals surface area contributed by atoms with E-state index in [2.05, 4.69) is 27.4 Å². The second-order valence-corrected chi connectivity index (χ2v) is 4.95. The fourth-order valence-corrected chi connectivity index (χ4v) is 2.63. The van der Waals surface area contributed by atoms with Crippen molar-refractivity contribution in [3.63, 3.8) is 0 Å². The van der Waals surface area contributed by atoms with Crippen LogP contribution in [0.5, 0.6) is 0 Å². The lowest BCUT2D eigenvalue weighted by Crippen LogP contribution is -2.25. The van der Waals surface area contributed by atoms with Gasteiger partial charge in [0.1, 0.15) is 5.69 Å². The molecule has 0 spiro atoms. The van der Waals surface area contributed by atoms with Gasteiger partial charge < -0.3 is 10.3 Å². The molecule has 0 fully saturated rings. The van der Waals surface area contributed by atoms with Crippen molar-refractivity contribution in [2.75, 3.05) is 6.54 Å². The predicted octanol–water partition coefficient (Wildman–Crippen LogP) is 2.60. The largest absolute Gasteiger partial charge is 0.361 e. The summed E-state index contributed by atoms with van der Waals surface area (Å²) < 4.78 is 0. The Morgan fingerprint density at radius 1 is 1.37 bits per heavy atom. The molecule has 0 saturated carbocycles. The first kappa shape index (κ1) is 11.9. The van der Waals surface area contributed by atoms with Crippen LogP contribution in [-0.4, -0.2) is 22.4 Å². The molecule has 2 N–H and O–H groups in total. The minimum atomic E-state index is -0.109. The van der Waals surface area contributed by atoms with Crippen LogP contribution in [0.25, 0.3) is 10.9 Å². The quantitative estimate of drug-likeness (QED) is 0.766. The molecular weight excluding hydrogens is 258 g/mol. The zero-order valence-corrected chi connectivity index (χ0v) is 11.0. The van der Waals surface area contributed by atoms with Gasteiger partial charge in [0, 0.05) is 29.0 Å². The summed E-state index contributed by atoms with van der Waals surface area (Å²) in [6.07, 6.45) is 2.74. The van der Waals surface area contributed by atoms with Gasteiger partial charge in [-0.05, 0) is 24.1 Å². The highest BCUT2D eigenvalue weighted by molar-refractivity contribution is 7.07. The number of nitrogens with zero attached hydrogens (tertiary/aromatic N) is 1. The average Bonchev–Trinajstić information content (AvgIpc) is 3.10. The zero-order valence-electron chi connectivity index (χ0n) is 10.2. The van der Waals surface area contributed by atoms with Crippen LogP contribution in [0.3, 0.4) is 0 Å². The van der Waals surface area contributed by atoms with Crippen LogP contribution in [0.2, 0.25) is 0 Å². The third-order valence-electron chi connectivity index (χ3n) is 3.03. The highest BCUT2D eigenvalue weighted by Crippen LogP contribution is 2.17. The molecule has 1 aromatic carbocycles. The fourth-order valence-electron chi connectivity index (χ4n) is 2.09. The van der Waals surface area contributed by atoms with Gasteiger partial charge in [0.25, 0.3) is 5.91 Å². The smallest absolute Gasteiger partial charge is 0.270 e. The number of fused-ring (bicyclic) bond motifs is 1. The lowest BCUT2D eigenvalue weighted by Gasteiger charge is -2.05. The molecular formula is C14H13N3OS. The fraction of sp³-hybridized carbons (Fsp3) is 0.143. The molecule has 1 amide bonds. The predicted molar refractivity (Wildman–Crippen MR) is 76.4 cm³/mol. The Morgan fingerprint density at radius 2 is 2.32 bits per heavy atom. The van der Waals surface area contributed by atoms with Crippen molar-refractivity contribution in [2.45, 2.75) is 6.42 Å². The lowest BCUT2D eigenvalue weighted by atomic mass is 10.1. The Morgan fingerprint density at radius 3 is 3.16 bits per heavy atom. The van der Waals surface area contributed by atoms with Gasteiger partial charge >= 0.3 is 0 Å². The summed E-state index contributed by atoms with van der Waals surface area (Å²) in [4.78, 5) is 18.9. The summed E-state index contributed by atoms with van der Waals surface area (Å²) >= 11 is 1.42. The molecule has 19 heavy (non-hydrogen) atoms. The number of H-pyrrole nitrogens is 1. The molecule has 4 nitrogen and oxygen atoms in total. The lowest BCUT2D eigenvalue weighted by molar-refractivity contribution is 0.0950. The minimum Gasteiger partial charge on any atom is -0.361 e. The van der Waals surface area contributed by atoms with E-state index in [4.69, 9.17) is 0 Å². The van der Waals surface area contributed by atoms with E-state index in [1.165, 1.54) is 22.3 Å². The van der Waals surface area contributed by atoms with Crippen LogP contribution in [-0.2, 0) is 6.42 Å².